The first kappa shape index (κ1) is 28.3. The second kappa shape index (κ2) is 12.1. The van der Waals surface area contributed by atoms with Crippen LogP contribution in [-0.2, 0) is 17.6 Å². The fourth-order valence-corrected chi connectivity index (χ4v) is 6.45. The molecule has 1 saturated carbocycles. The number of carbonyl (C=O) groups is 1. The van der Waals surface area contributed by atoms with E-state index in [0.29, 0.717) is 47.8 Å². The standard InChI is InChI=1S/C30H38N4O5S/c1-17(2)27-25(35)14-19(15-26(27)36)29(37)28(18-6-4-3-5-7-18)34-24-11-9-21-20(8-10-23(24)32-33-34)22(21)16-39-30(38)31-12-13-40/h3-7,14-15,17,20-22,28-29,35-37,40H,8-13,16H2,1-2H3,(H,31,38). The smallest absolute Gasteiger partial charge is 0.407 e. The predicted octanol–water partition coefficient (Wildman–Crippen LogP) is 4.53. The number of rotatable bonds is 9. The van der Waals surface area contributed by atoms with Gasteiger partial charge in [-0.05, 0) is 72.6 Å². The first-order valence-corrected chi connectivity index (χ1v) is 14.7. The summed E-state index contributed by atoms with van der Waals surface area (Å²) in [6.45, 7) is 4.68. The molecule has 40 heavy (non-hydrogen) atoms. The van der Waals surface area contributed by atoms with Gasteiger partial charge < -0.3 is 25.4 Å². The van der Waals surface area contributed by atoms with Crippen molar-refractivity contribution in [3.8, 4) is 11.5 Å². The number of aryl methyl sites for hydroxylation is 1. The molecule has 1 heterocycles. The summed E-state index contributed by atoms with van der Waals surface area (Å²) in [6.07, 6.45) is 1.87. The van der Waals surface area contributed by atoms with Crippen molar-refractivity contribution >= 4 is 18.7 Å². The van der Waals surface area contributed by atoms with Crippen molar-refractivity contribution in [1.82, 2.24) is 20.3 Å². The molecule has 0 saturated heterocycles. The Kier molecular flexibility index (Phi) is 8.56. The molecule has 5 unspecified atom stereocenters. The van der Waals surface area contributed by atoms with Gasteiger partial charge in [0.15, 0.2) is 0 Å². The van der Waals surface area contributed by atoms with E-state index in [1.165, 1.54) is 12.1 Å². The number of carbonyl (C=O) groups excluding carboxylic acids is 1. The molecule has 1 aromatic heterocycles. The SMILES string of the molecule is CC(C)c1c(O)cc(C(O)C(c2ccccc2)n2nnc3c2CCC2C(CC3)C2COC(=O)NCCS)cc1O. The van der Waals surface area contributed by atoms with E-state index in [0.717, 1.165) is 42.6 Å². The van der Waals surface area contributed by atoms with Gasteiger partial charge in [-0.25, -0.2) is 9.48 Å². The monoisotopic (exact) mass is 566 g/mol. The number of nitrogens with zero attached hydrogens (tertiary/aromatic N) is 3. The largest absolute Gasteiger partial charge is 0.508 e. The molecule has 1 fully saturated rings. The summed E-state index contributed by atoms with van der Waals surface area (Å²) < 4.78 is 7.27. The molecule has 0 bridgehead atoms. The summed E-state index contributed by atoms with van der Waals surface area (Å²) in [5, 5.41) is 44.8. The van der Waals surface area contributed by atoms with E-state index in [2.05, 4.69) is 28.3 Å². The lowest BCUT2D eigenvalue weighted by Gasteiger charge is -2.27. The predicted molar refractivity (Wildman–Crippen MR) is 154 cm³/mol. The summed E-state index contributed by atoms with van der Waals surface area (Å²) in [6, 6.07) is 12.1. The molecule has 0 radical (unpaired) electrons. The number of alkyl carbamates (subject to hydrolysis) is 1. The van der Waals surface area contributed by atoms with Crippen molar-refractivity contribution in [1.29, 1.82) is 0 Å². The summed E-state index contributed by atoms with van der Waals surface area (Å²) in [5.74, 6) is 1.70. The fraction of sp³-hybridized carbons (Fsp3) is 0.500. The highest BCUT2D eigenvalue weighted by atomic mass is 32.1. The topological polar surface area (TPSA) is 130 Å². The zero-order valence-electron chi connectivity index (χ0n) is 22.9. The van der Waals surface area contributed by atoms with Crippen molar-refractivity contribution in [2.75, 3.05) is 18.9 Å². The Labute approximate surface area is 240 Å². The van der Waals surface area contributed by atoms with Crippen molar-refractivity contribution in [3.63, 3.8) is 0 Å². The van der Waals surface area contributed by atoms with E-state index in [1.54, 1.807) is 0 Å². The molecule has 10 heteroatoms. The molecule has 2 aliphatic rings. The molecule has 2 aliphatic carbocycles. The summed E-state index contributed by atoms with van der Waals surface area (Å²) in [7, 11) is 0. The molecule has 2 aromatic carbocycles. The summed E-state index contributed by atoms with van der Waals surface area (Å²) in [5.41, 5.74) is 3.61. The molecule has 5 atom stereocenters. The van der Waals surface area contributed by atoms with Crippen LogP contribution in [0.15, 0.2) is 42.5 Å². The number of hydrogen-bond acceptors (Lipinski definition) is 8. The highest BCUT2D eigenvalue weighted by Crippen LogP contribution is 2.53. The van der Waals surface area contributed by atoms with Gasteiger partial charge in [-0.15, -0.1) is 5.10 Å². The number of hydrogen-bond donors (Lipinski definition) is 5. The number of ether oxygens (including phenoxy) is 1. The molecule has 5 rings (SSSR count). The van der Waals surface area contributed by atoms with E-state index in [1.807, 2.05) is 48.9 Å². The van der Waals surface area contributed by atoms with Crippen molar-refractivity contribution < 1.29 is 24.9 Å². The fourth-order valence-electron chi connectivity index (χ4n) is 6.33. The van der Waals surface area contributed by atoms with E-state index in [4.69, 9.17) is 4.74 Å². The quantitative estimate of drug-likeness (QED) is 0.241. The lowest BCUT2D eigenvalue weighted by Crippen LogP contribution is -2.27. The third-order valence-corrected chi connectivity index (χ3v) is 8.60. The maximum absolute atomic E-state index is 11.9. The van der Waals surface area contributed by atoms with E-state index in [-0.39, 0.29) is 17.4 Å². The number of aliphatic hydroxyl groups excluding tert-OH is 1. The number of amides is 1. The molecule has 4 N–H and O–H groups in total. The molecule has 0 aliphatic heterocycles. The normalized spacial score (nSPS) is 21.5. The maximum atomic E-state index is 11.9. The van der Waals surface area contributed by atoms with Crippen molar-refractivity contribution in [3.05, 3.63) is 70.5 Å². The van der Waals surface area contributed by atoms with Crippen LogP contribution >= 0.6 is 12.6 Å². The zero-order valence-corrected chi connectivity index (χ0v) is 23.8. The van der Waals surface area contributed by atoms with Gasteiger partial charge in [0.05, 0.1) is 18.0 Å². The number of benzene rings is 2. The Balaban J connectivity index is 1.39. The minimum Gasteiger partial charge on any atom is -0.508 e. The molecule has 3 aromatic rings. The molecule has 0 spiro atoms. The van der Waals surface area contributed by atoms with Gasteiger partial charge in [-0.3, -0.25) is 0 Å². The van der Waals surface area contributed by atoms with E-state index >= 15 is 0 Å². The third-order valence-electron chi connectivity index (χ3n) is 8.38. The van der Waals surface area contributed by atoms with Gasteiger partial charge in [0.1, 0.15) is 23.6 Å². The highest BCUT2D eigenvalue weighted by molar-refractivity contribution is 7.80. The first-order chi connectivity index (χ1) is 19.3. The van der Waals surface area contributed by atoms with Crippen LogP contribution in [0.25, 0.3) is 0 Å². The minimum absolute atomic E-state index is 0.0443. The van der Waals surface area contributed by atoms with Crippen LogP contribution in [0, 0.1) is 17.8 Å². The van der Waals surface area contributed by atoms with Gasteiger partial charge in [0.2, 0.25) is 0 Å². The minimum atomic E-state index is -1.10. The third kappa shape index (κ3) is 5.78. The molecule has 214 valence electrons. The van der Waals surface area contributed by atoms with Crippen LogP contribution in [0.4, 0.5) is 4.79 Å². The molecule has 1 amide bonds. The van der Waals surface area contributed by atoms with E-state index < -0.39 is 18.2 Å². The number of aromatic nitrogens is 3. The Hall–Kier alpha value is -3.24. The van der Waals surface area contributed by atoms with Gasteiger partial charge in [0.25, 0.3) is 0 Å². The lowest BCUT2D eigenvalue weighted by molar-refractivity contribution is 0.122. The Morgan fingerprint density at radius 2 is 1.77 bits per heavy atom. The molecule has 9 nitrogen and oxygen atoms in total. The number of thiol groups is 1. The van der Waals surface area contributed by atoms with Crippen LogP contribution in [-0.4, -0.2) is 55.3 Å². The number of phenolic OH excluding ortho intramolecular Hbond substituents is 2. The van der Waals surface area contributed by atoms with Crippen LogP contribution in [0.5, 0.6) is 11.5 Å². The number of aromatic hydroxyl groups is 2. The Morgan fingerprint density at radius 3 is 2.42 bits per heavy atom. The lowest BCUT2D eigenvalue weighted by atomic mass is 9.91. The highest BCUT2D eigenvalue weighted by Gasteiger charge is 2.50. The zero-order chi connectivity index (χ0) is 28.4. The van der Waals surface area contributed by atoms with Crippen molar-refractivity contribution in [2.24, 2.45) is 17.8 Å². The number of aliphatic hydroxyl groups is 1. The summed E-state index contributed by atoms with van der Waals surface area (Å²) in [4.78, 5) is 11.9. The van der Waals surface area contributed by atoms with Crippen LogP contribution < -0.4 is 5.32 Å². The average molecular weight is 567 g/mol. The van der Waals surface area contributed by atoms with Gasteiger partial charge >= 0.3 is 6.09 Å². The maximum Gasteiger partial charge on any atom is 0.407 e. The van der Waals surface area contributed by atoms with Gasteiger partial charge in [0, 0.05) is 17.9 Å². The van der Waals surface area contributed by atoms with Crippen LogP contribution in [0.2, 0.25) is 0 Å². The van der Waals surface area contributed by atoms with Gasteiger partial charge in [-0.2, -0.15) is 12.6 Å². The van der Waals surface area contributed by atoms with Gasteiger partial charge in [-0.1, -0.05) is 49.4 Å². The number of phenols is 2. The van der Waals surface area contributed by atoms with E-state index in [9.17, 15) is 20.1 Å². The molecular formula is C30H38N4O5S. The second-order valence-corrected chi connectivity index (χ2v) is 11.6. The number of fused-ring (bicyclic) bond motifs is 2. The first-order valence-electron chi connectivity index (χ1n) is 14.0. The van der Waals surface area contributed by atoms with Crippen molar-refractivity contribution in [2.45, 2.75) is 57.6 Å². The van der Waals surface area contributed by atoms with Crippen LogP contribution in [0.1, 0.15) is 72.8 Å². The van der Waals surface area contributed by atoms with Crippen LogP contribution in [0.3, 0.4) is 0 Å². The Morgan fingerprint density at radius 1 is 1.10 bits per heavy atom. The second-order valence-electron chi connectivity index (χ2n) is 11.2. The summed E-state index contributed by atoms with van der Waals surface area (Å²) >= 11 is 4.10. The average Bonchev–Trinajstić information content (AvgIpc) is 3.43. The Bertz CT molecular complexity index is 1310. The number of nitrogens with one attached hydrogen (secondary N) is 1. The molecular weight excluding hydrogens is 528 g/mol.